The third-order valence-electron chi connectivity index (χ3n) is 4.00. The van der Waals surface area contributed by atoms with E-state index in [1.54, 1.807) is 13.3 Å². The van der Waals surface area contributed by atoms with Crippen molar-refractivity contribution in [1.29, 1.82) is 0 Å². The van der Waals surface area contributed by atoms with Crippen molar-refractivity contribution in [2.75, 3.05) is 13.7 Å². The number of aromatic nitrogens is 1. The van der Waals surface area contributed by atoms with Gasteiger partial charge in [0.2, 0.25) is 0 Å². The van der Waals surface area contributed by atoms with Crippen LogP contribution in [0.2, 0.25) is 0 Å². The monoisotopic (exact) mass is 312 g/mol. The Labute approximate surface area is 137 Å². The number of benzene rings is 1. The van der Waals surface area contributed by atoms with Crippen LogP contribution in [0.1, 0.15) is 41.3 Å². The van der Waals surface area contributed by atoms with E-state index in [4.69, 9.17) is 4.74 Å². The average Bonchev–Trinajstić information content (AvgIpc) is 2.55. The van der Waals surface area contributed by atoms with E-state index < -0.39 is 0 Å². The lowest BCUT2D eigenvalue weighted by Gasteiger charge is -2.22. The Hall–Kier alpha value is -2.36. The van der Waals surface area contributed by atoms with Gasteiger partial charge in [-0.25, -0.2) is 0 Å². The molecular formula is C19H24N2O2. The van der Waals surface area contributed by atoms with Crippen molar-refractivity contribution in [3.63, 3.8) is 0 Å². The predicted molar refractivity (Wildman–Crippen MR) is 91.9 cm³/mol. The van der Waals surface area contributed by atoms with E-state index in [0.717, 1.165) is 11.1 Å². The van der Waals surface area contributed by atoms with E-state index in [-0.39, 0.29) is 11.8 Å². The number of methoxy groups -OCH3 is 1. The molecule has 4 nitrogen and oxygen atoms in total. The number of rotatable bonds is 6. The molecule has 0 unspecified atom stereocenters. The highest BCUT2D eigenvalue weighted by atomic mass is 16.5. The Morgan fingerprint density at radius 2 is 2.09 bits per heavy atom. The lowest BCUT2D eigenvalue weighted by atomic mass is 9.89. The summed E-state index contributed by atoms with van der Waals surface area (Å²) in [5.74, 6) is 1.11. The topological polar surface area (TPSA) is 51.2 Å². The van der Waals surface area contributed by atoms with Gasteiger partial charge in [-0.1, -0.05) is 31.5 Å². The van der Waals surface area contributed by atoms with Gasteiger partial charge >= 0.3 is 0 Å². The average molecular weight is 312 g/mol. The number of amides is 1. The summed E-state index contributed by atoms with van der Waals surface area (Å²) < 4.78 is 5.29. The van der Waals surface area contributed by atoms with E-state index in [9.17, 15) is 4.79 Å². The fraction of sp³-hybridized carbons (Fsp3) is 0.368. The highest BCUT2D eigenvalue weighted by Crippen LogP contribution is 2.24. The van der Waals surface area contributed by atoms with Gasteiger partial charge in [0, 0.05) is 24.9 Å². The third kappa shape index (κ3) is 4.31. The summed E-state index contributed by atoms with van der Waals surface area (Å²) in [4.78, 5) is 16.7. The first-order valence-corrected chi connectivity index (χ1v) is 7.85. The zero-order chi connectivity index (χ0) is 16.8. The molecule has 122 valence electrons. The zero-order valence-corrected chi connectivity index (χ0v) is 14.2. The van der Waals surface area contributed by atoms with Crippen LogP contribution in [0.5, 0.6) is 5.75 Å². The number of pyridine rings is 1. The number of carbonyl (C=O) groups excluding carboxylic acids is 1. The van der Waals surface area contributed by atoms with Crippen LogP contribution in [-0.4, -0.2) is 24.5 Å². The molecule has 1 N–H and O–H groups in total. The van der Waals surface area contributed by atoms with E-state index in [2.05, 4.69) is 30.2 Å². The van der Waals surface area contributed by atoms with Gasteiger partial charge in [-0.2, -0.15) is 0 Å². The molecule has 0 aliphatic heterocycles. The van der Waals surface area contributed by atoms with Crippen LogP contribution in [0.15, 0.2) is 42.7 Å². The minimum Gasteiger partial charge on any atom is -0.496 e. The minimum atomic E-state index is -0.111. The first-order valence-electron chi connectivity index (χ1n) is 7.85. The molecule has 1 aromatic heterocycles. The zero-order valence-electron chi connectivity index (χ0n) is 14.2. The highest BCUT2D eigenvalue weighted by molar-refractivity contribution is 5.97. The second-order valence-electron chi connectivity index (χ2n) is 6.05. The standard InChI is InChI=1S/C19H24N2O2/c1-13(2)17(15-6-5-9-20-11-15)12-21-19(22)16-10-14(3)7-8-18(16)23-4/h5-11,13,17H,12H2,1-4H3,(H,21,22)/t17-/m0/s1. The summed E-state index contributed by atoms with van der Waals surface area (Å²) in [7, 11) is 1.58. The highest BCUT2D eigenvalue weighted by Gasteiger charge is 2.19. The van der Waals surface area contributed by atoms with Crippen LogP contribution in [-0.2, 0) is 0 Å². The fourth-order valence-corrected chi connectivity index (χ4v) is 2.63. The molecule has 1 atom stereocenters. The van der Waals surface area contributed by atoms with Crippen LogP contribution < -0.4 is 10.1 Å². The molecule has 2 rings (SSSR count). The molecule has 0 saturated heterocycles. The second-order valence-corrected chi connectivity index (χ2v) is 6.05. The van der Waals surface area contributed by atoms with Crippen LogP contribution in [0.4, 0.5) is 0 Å². The summed E-state index contributed by atoms with van der Waals surface area (Å²) >= 11 is 0. The van der Waals surface area contributed by atoms with E-state index in [1.165, 1.54) is 0 Å². The number of hydrogen-bond acceptors (Lipinski definition) is 3. The van der Waals surface area contributed by atoms with Crippen LogP contribution in [0.25, 0.3) is 0 Å². The van der Waals surface area contributed by atoms with Crippen molar-refractivity contribution >= 4 is 5.91 Å². The lowest BCUT2D eigenvalue weighted by molar-refractivity contribution is 0.0946. The molecule has 0 saturated carbocycles. The molecule has 1 aromatic carbocycles. The van der Waals surface area contributed by atoms with E-state index in [0.29, 0.717) is 23.8 Å². The third-order valence-corrected chi connectivity index (χ3v) is 4.00. The van der Waals surface area contributed by atoms with Gasteiger partial charge in [-0.05, 0) is 36.6 Å². The van der Waals surface area contributed by atoms with Gasteiger partial charge in [0.1, 0.15) is 5.75 Å². The summed E-state index contributed by atoms with van der Waals surface area (Å²) in [5.41, 5.74) is 2.74. The first kappa shape index (κ1) is 17.0. The van der Waals surface area contributed by atoms with Crippen molar-refractivity contribution in [2.24, 2.45) is 5.92 Å². The van der Waals surface area contributed by atoms with Crippen molar-refractivity contribution in [2.45, 2.75) is 26.7 Å². The van der Waals surface area contributed by atoms with Gasteiger partial charge in [0.15, 0.2) is 0 Å². The van der Waals surface area contributed by atoms with Crippen molar-refractivity contribution in [1.82, 2.24) is 10.3 Å². The number of nitrogens with one attached hydrogen (secondary N) is 1. The van der Waals surface area contributed by atoms with E-state index in [1.807, 2.05) is 37.4 Å². The maximum atomic E-state index is 12.5. The van der Waals surface area contributed by atoms with E-state index >= 15 is 0 Å². The molecule has 0 spiro atoms. The number of ether oxygens (including phenoxy) is 1. The maximum absolute atomic E-state index is 12.5. The number of nitrogens with zero attached hydrogens (tertiary/aromatic N) is 1. The molecule has 23 heavy (non-hydrogen) atoms. The Bertz CT molecular complexity index is 654. The van der Waals surface area contributed by atoms with Gasteiger partial charge in [0.05, 0.1) is 12.7 Å². The van der Waals surface area contributed by atoms with Gasteiger partial charge in [-0.15, -0.1) is 0 Å². The minimum absolute atomic E-state index is 0.111. The molecule has 1 heterocycles. The number of carbonyl (C=O) groups is 1. The normalized spacial score (nSPS) is 12.0. The van der Waals surface area contributed by atoms with Gasteiger partial charge in [-0.3, -0.25) is 9.78 Å². The molecular weight excluding hydrogens is 288 g/mol. The van der Waals surface area contributed by atoms with Crippen molar-refractivity contribution in [3.05, 3.63) is 59.4 Å². The molecule has 2 aromatic rings. The fourth-order valence-electron chi connectivity index (χ4n) is 2.63. The second kappa shape index (κ2) is 7.77. The molecule has 0 bridgehead atoms. The SMILES string of the molecule is COc1ccc(C)cc1C(=O)NC[C@H](c1cccnc1)C(C)C. The van der Waals surface area contributed by atoms with Crippen LogP contribution in [0.3, 0.4) is 0 Å². The molecule has 1 amide bonds. The maximum Gasteiger partial charge on any atom is 0.255 e. The number of aryl methyl sites for hydroxylation is 1. The van der Waals surface area contributed by atoms with Crippen LogP contribution >= 0.6 is 0 Å². The molecule has 0 fully saturated rings. The largest absolute Gasteiger partial charge is 0.496 e. The van der Waals surface area contributed by atoms with Crippen molar-refractivity contribution < 1.29 is 9.53 Å². The van der Waals surface area contributed by atoms with Crippen molar-refractivity contribution in [3.8, 4) is 5.75 Å². The Kier molecular flexibility index (Phi) is 5.74. The van der Waals surface area contributed by atoms with Crippen LogP contribution in [0, 0.1) is 12.8 Å². The smallest absolute Gasteiger partial charge is 0.255 e. The van der Waals surface area contributed by atoms with Gasteiger partial charge in [0.25, 0.3) is 5.91 Å². The lowest BCUT2D eigenvalue weighted by Crippen LogP contribution is -2.30. The summed E-state index contributed by atoms with van der Waals surface area (Å²) in [6, 6.07) is 9.59. The summed E-state index contributed by atoms with van der Waals surface area (Å²) in [6.07, 6.45) is 3.63. The Morgan fingerprint density at radius 3 is 2.70 bits per heavy atom. The number of hydrogen-bond donors (Lipinski definition) is 1. The quantitative estimate of drug-likeness (QED) is 0.887. The molecule has 0 aliphatic rings. The first-order chi connectivity index (χ1) is 11.0. The molecule has 0 radical (unpaired) electrons. The molecule has 4 heteroatoms. The summed E-state index contributed by atoms with van der Waals surface area (Å²) in [5, 5.41) is 3.03. The molecule has 0 aliphatic carbocycles. The Morgan fingerprint density at radius 1 is 1.30 bits per heavy atom. The summed E-state index contributed by atoms with van der Waals surface area (Å²) in [6.45, 7) is 6.83. The predicted octanol–water partition coefficient (Wildman–Crippen LogP) is 3.57. The van der Waals surface area contributed by atoms with Gasteiger partial charge < -0.3 is 10.1 Å². The Balaban J connectivity index is 2.12.